The molecule has 0 saturated carbocycles. The lowest BCUT2D eigenvalue weighted by Crippen LogP contribution is -2.32. The average Bonchev–Trinajstić information content (AvgIpc) is 2.35. The highest BCUT2D eigenvalue weighted by molar-refractivity contribution is 5.73. The SMILES string of the molecule is CC(C)(C)OC(=O)NCc1ccc(CCCC(N)=O)cc1. The summed E-state index contributed by atoms with van der Waals surface area (Å²) in [5.74, 6) is -0.270. The summed E-state index contributed by atoms with van der Waals surface area (Å²) in [7, 11) is 0. The van der Waals surface area contributed by atoms with Crippen molar-refractivity contribution in [2.24, 2.45) is 5.73 Å². The van der Waals surface area contributed by atoms with Crippen molar-refractivity contribution < 1.29 is 14.3 Å². The number of ether oxygens (including phenoxy) is 1. The molecule has 0 radical (unpaired) electrons. The second-order valence-corrected chi connectivity index (χ2v) is 5.99. The Balaban J connectivity index is 2.37. The summed E-state index contributed by atoms with van der Waals surface area (Å²) in [5, 5.41) is 2.71. The van der Waals surface area contributed by atoms with E-state index in [0.29, 0.717) is 13.0 Å². The molecule has 0 aliphatic rings. The molecule has 0 heterocycles. The number of alkyl carbamates (subject to hydrolysis) is 1. The Kier molecular flexibility index (Phi) is 6.21. The maximum absolute atomic E-state index is 11.5. The van der Waals surface area contributed by atoms with E-state index in [9.17, 15) is 9.59 Å². The molecule has 5 nitrogen and oxygen atoms in total. The molecular formula is C16H24N2O3. The van der Waals surface area contributed by atoms with E-state index in [4.69, 9.17) is 10.5 Å². The van der Waals surface area contributed by atoms with Crippen molar-refractivity contribution in [3.05, 3.63) is 35.4 Å². The molecule has 1 aromatic carbocycles. The molecular weight excluding hydrogens is 268 g/mol. The minimum Gasteiger partial charge on any atom is -0.444 e. The Morgan fingerprint density at radius 2 is 1.71 bits per heavy atom. The van der Waals surface area contributed by atoms with Gasteiger partial charge >= 0.3 is 6.09 Å². The first-order valence-electron chi connectivity index (χ1n) is 7.09. The van der Waals surface area contributed by atoms with Crippen LogP contribution in [0, 0.1) is 0 Å². The summed E-state index contributed by atoms with van der Waals surface area (Å²) >= 11 is 0. The van der Waals surface area contributed by atoms with Crippen LogP contribution in [-0.2, 0) is 22.5 Å². The zero-order valence-electron chi connectivity index (χ0n) is 12.9. The van der Waals surface area contributed by atoms with Crippen LogP contribution in [0.5, 0.6) is 0 Å². The summed E-state index contributed by atoms with van der Waals surface area (Å²) in [6, 6.07) is 7.90. The molecule has 0 aliphatic heterocycles. The number of carbonyl (C=O) groups excluding carboxylic acids is 2. The molecule has 5 heteroatoms. The molecule has 2 amide bonds. The molecule has 1 aromatic rings. The van der Waals surface area contributed by atoms with Gasteiger partial charge in [-0.25, -0.2) is 4.79 Å². The molecule has 116 valence electrons. The van der Waals surface area contributed by atoms with Crippen molar-refractivity contribution in [2.75, 3.05) is 0 Å². The van der Waals surface area contributed by atoms with Gasteiger partial charge in [0.25, 0.3) is 0 Å². The lowest BCUT2D eigenvalue weighted by atomic mass is 10.1. The lowest BCUT2D eigenvalue weighted by molar-refractivity contribution is -0.118. The largest absolute Gasteiger partial charge is 0.444 e. The number of rotatable bonds is 6. The summed E-state index contributed by atoms with van der Waals surface area (Å²) < 4.78 is 5.16. The van der Waals surface area contributed by atoms with E-state index in [-0.39, 0.29) is 5.91 Å². The number of carbonyl (C=O) groups is 2. The Morgan fingerprint density at radius 1 is 1.14 bits per heavy atom. The first kappa shape index (κ1) is 17.0. The molecule has 3 N–H and O–H groups in total. The summed E-state index contributed by atoms with van der Waals surface area (Å²) in [6.45, 7) is 5.91. The van der Waals surface area contributed by atoms with E-state index in [0.717, 1.165) is 24.0 Å². The van der Waals surface area contributed by atoms with Crippen LogP contribution < -0.4 is 11.1 Å². The highest BCUT2D eigenvalue weighted by Crippen LogP contribution is 2.09. The van der Waals surface area contributed by atoms with Gasteiger partial charge < -0.3 is 15.8 Å². The van der Waals surface area contributed by atoms with E-state index in [1.165, 1.54) is 0 Å². The van der Waals surface area contributed by atoms with Gasteiger partial charge in [-0.2, -0.15) is 0 Å². The van der Waals surface area contributed by atoms with Crippen molar-refractivity contribution >= 4 is 12.0 Å². The normalized spacial score (nSPS) is 11.0. The van der Waals surface area contributed by atoms with Crippen molar-refractivity contribution in [1.29, 1.82) is 0 Å². The van der Waals surface area contributed by atoms with E-state index < -0.39 is 11.7 Å². The van der Waals surface area contributed by atoms with Crippen LogP contribution in [0.3, 0.4) is 0 Å². The molecule has 21 heavy (non-hydrogen) atoms. The van der Waals surface area contributed by atoms with Crippen LogP contribution in [0.2, 0.25) is 0 Å². The van der Waals surface area contributed by atoms with Gasteiger partial charge in [0.2, 0.25) is 5.91 Å². The van der Waals surface area contributed by atoms with E-state index >= 15 is 0 Å². The highest BCUT2D eigenvalue weighted by atomic mass is 16.6. The van der Waals surface area contributed by atoms with E-state index in [1.807, 2.05) is 45.0 Å². The number of aryl methyl sites for hydroxylation is 1. The molecule has 0 spiro atoms. The fraction of sp³-hybridized carbons (Fsp3) is 0.500. The third kappa shape index (κ3) is 7.97. The summed E-state index contributed by atoms with van der Waals surface area (Å²) in [6.07, 6.45) is 1.56. The Morgan fingerprint density at radius 3 is 2.24 bits per heavy atom. The lowest BCUT2D eigenvalue weighted by Gasteiger charge is -2.19. The maximum Gasteiger partial charge on any atom is 0.407 e. The smallest absolute Gasteiger partial charge is 0.407 e. The van der Waals surface area contributed by atoms with Gasteiger partial charge in [-0.05, 0) is 44.7 Å². The average molecular weight is 292 g/mol. The minimum atomic E-state index is -0.492. The number of amides is 2. The monoisotopic (exact) mass is 292 g/mol. The third-order valence-corrected chi connectivity index (χ3v) is 2.75. The third-order valence-electron chi connectivity index (χ3n) is 2.75. The molecule has 0 saturated heterocycles. The number of benzene rings is 1. The van der Waals surface area contributed by atoms with Gasteiger partial charge in [0.1, 0.15) is 5.60 Å². The first-order chi connectivity index (χ1) is 9.76. The fourth-order valence-corrected chi connectivity index (χ4v) is 1.78. The van der Waals surface area contributed by atoms with E-state index in [1.54, 1.807) is 0 Å². The number of primary amides is 1. The number of nitrogens with one attached hydrogen (secondary N) is 1. The second kappa shape index (κ2) is 7.67. The van der Waals surface area contributed by atoms with Gasteiger partial charge in [0.05, 0.1) is 0 Å². The van der Waals surface area contributed by atoms with Gasteiger partial charge in [-0.15, -0.1) is 0 Å². The van der Waals surface area contributed by atoms with Gasteiger partial charge in [-0.1, -0.05) is 24.3 Å². The zero-order valence-corrected chi connectivity index (χ0v) is 12.9. The second-order valence-electron chi connectivity index (χ2n) is 5.99. The quantitative estimate of drug-likeness (QED) is 0.845. The molecule has 0 bridgehead atoms. The molecule has 0 fully saturated rings. The molecule has 1 rings (SSSR count). The van der Waals surface area contributed by atoms with Gasteiger partial charge in [-0.3, -0.25) is 4.79 Å². The summed E-state index contributed by atoms with van der Waals surface area (Å²) in [4.78, 5) is 22.2. The van der Waals surface area contributed by atoms with Crippen LogP contribution >= 0.6 is 0 Å². The van der Waals surface area contributed by atoms with Crippen molar-refractivity contribution in [3.8, 4) is 0 Å². The minimum absolute atomic E-state index is 0.270. The van der Waals surface area contributed by atoms with Crippen molar-refractivity contribution in [2.45, 2.75) is 52.2 Å². The fourth-order valence-electron chi connectivity index (χ4n) is 1.78. The summed E-state index contributed by atoms with van der Waals surface area (Å²) in [5.41, 5.74) is 6.76. The van der Waals surface area contributed by atoms with E-state index in [2.05, 4.69) is 5.32 Å². The predicted octanol–water partition coefficient (Wildman–Crippen LogP) is 2.52. The molecule has 0 unspecified atom stereocenters. The zero-order chi connectivity index (χ0) is 15.9. The van der Waals surface area contributed by atoms with Gasteiger partial charge in [0.15, 0.2) is 0 Å². The molecule has 0 atom stereocenters. The predicted molar refractivity (Wildman–Crippen MR) is 81.6 cm³/mol. The Bertz CT molecular complexity index is 475. The van der Waals surface area contributed by atoms with Crippen LogP contribution in [0.1, 0.15) is 44.7 Å². The van der Waals surface area contributed by atoms with Crippen LogP contribution in [0.4, 0.5) is 4.79 Å². The topological polar surface area (TPSA) is 81.4 Å². The first-order valence-corrected chi connectivity index (χ1v) is 7.09. The molecule has 0 aromatic heterocycles. The Labute approximate surface area is 125 Å². The Hall–Kier alpha value is -2.04. The standard InChI is InChI=1S/C16H24N2O3/c1-16(2,3)21-15(20)18-11-13-9-7-12(8-10-13)5-4-6-14(17)19/h7-10H,4-6,11H2,1-3H3,(H2,17,19)(H,18,20). The maximum atomic E-state index is 11.5. The number of nitrogens with two attached hydrogens (primary N) is 1. The van der Waals surface area contributed by atoms with Crippen LogP contribution in [0.15, 0.2) is 24.3 Å². The highest BCUT2D eigenvalue weighted by Gasteiger charge is 2.15. The van der Waals surface area contributed by atoms with Gasteiger partial charge in [0, 0.05) is 13.0 Å². The van der Waals surface area contributed by atoms with Crippen LogP contribution in [0.25, 0.3) is 0 Å². The molecule has 0 aliphatic carbocycles. The van der Waals surface area contributed by atoms with Crippen molar-refractivity contribution in [3.63, 3.8) is 0 Å². The van der Waals surface area contributed by atoms with Crippen LogP contribution in [-0.4, -0.2) is 17.6 Å². The number of hydrogen-bond acceptors (Lipinski definition) is 3. The number of hydrogen-bond donors (Lipinski definition) is 2. The van der Waals surface area contributed by atoms with Crippen molar-refractivity contribution in [1.82, 2.24) is 5.32 Å².